The predicted molar refractivity (Wildman–Crippen MR) is 72.8 cm³/mol. The average molecular weight is 259 g/mol. The Kier molecular flexibility index (Phi) is 7.82. The van der Waals surface area contributed by atoms with Crippen LogP contribution < -0.4 is 0 Å². The van der Waals surface area contributed by atoms with E-state index in [1.807, 2.05) is 0 Å². The number of methoxy groups -OCH3 is 2. The lowest BCUT2D eigenvalue weighted by atomic mass is 9.84. The Morgan fingerprint density at radius 3 is 2.50 bits per heavy atom. The first kappa shape index (κ1) is 15.9. The average Bonchev–Trinajstić information content (AvgIpc) is 2.37. The van der Waals surface area contributed by atoms with Crippen LogP contribution in [-0.4, -0.2) is 62.7 Å². The van der Waals surface area contributed by atoms with E-state index >= 15 is 0 Å². The van der Waals surface area contributed by atoms with Crippen LogP contribution in [-0.2, 0) is 9.47 Å². The van der Waals surface area contributed by atoms with Crippen molar-refractivity contribution in [3.05, 3.63) is 0 Å². The van der Waals surface area contributed by atoms with Gasteiger partial charge in [-0.25, -0.2) is 0 Å². The van der Waals surface area contributed by atoms with Gasteiger partial charge in [0, 0.05) is 40.0 Å². The Morgan fingerprint density at radius 2 is 1.83 bits per heavy atom. The zero-order chi connectivity index (χ0) is 13.4. The molecule has 1 saturated carbocycles. The third-order valence-electron chi connectivity index (χ3n) is 3.89. The third kappa shape index (κ3) is 5.22. The molecule has 1 fully saturated rings. The van der Waals surface area contributed by atoms with Crippen LogP contribution in [0.2, 0.25) is 0 Å². The van der Waals surface area contributed by atoms with Gasteiger partial charge in [-0.1, -0.05) is 6.92 Å². The summed E-state index contributed by atoms with van der Waals surface area (Å²) in [5.41, 5.74) is 0. The molecule has 0 saturated heterocycles. The van der Waals surface area contributed by atoms with E-state index < -0.39 is 0 Å². The van der Waals surface area contributed by atoms with Crippen molar-refractivity contribution >= 4 is 0 Å². The standard InChI is InChI=1S/C14H29NO3/c1-12-5-6-14(16)13(11-12)15(8-10-18-3)7-4-9-17-2/h12-14,16H,4-11H2,1-3H3. The fraction of sp³-hybridized carbons (Fsp3) is 1.00. The zero-order valence-corrected chi connectivity index (χ0v) is 12.1. The summed E-state index contributed by atoms with van der Waals surface area (Å²) >= 11 is 0. The second-order valence-electron chi connectivity index (χ2n) is 5.43. The normalized spacial score (nSPS) is 28.8. The molecule has 0 radical (unpaired) electrons. The topological polar surface area (TPSA) is 41.9 Å². The lowest BCUT2D eigenvalue weighted by molar-refractivity contribution is -0.00650. The van der Waals surface area contributed by atoms with Crippen molar-refractivity contribution in [1.29, 1.82) is 0 Å². The lowest BCUT2D eigenvalue weighted by Crippen LogP contribution is -2.48. The van der Waals surface area contributed by atoms with Crippen LogP contribution in [0.5, 0.6) is 0 Å². The van der Waals surface area contributed by atoms with E-state index in [4.69, 9.17) is 9.47 Å². The van der Waals surface area contributed by atoms with E-state index in [1.54, 1.807) is 14.2 Å². The molecule has 0 aromatic rings. The highest BCUT2D eigenvalue weighted by Crippen LogP contribution is 2.27. The van der Waals surface area contributed by atoms with Crippen LogP contribution in [0.3, 0.4) is 0 Å². The van der Waals surface area contributed by atoms with Crippen molar-refractivity contribution in [2.75, 3.05) is 40.5 Å². The first-order valence-electron chi connectivity index (χ1n) is 7.09. The maximum atomic E-state index is 10.2. The molecule has 0 aromatic carbocycles. The van der Waals surface area contributed by atoms with Gasteiger partial charge in [0.05, 0.1) is 12.7 Å². The first-order chi connectivity index (χ1) is 8.69. The molecule has 3 unspecified atom stereocenters. The number of nitrogens with zero attached hydrogens (tertiary/aromatic N) is 1. The van der Waals surface area contributed by atoms with E-state index in [9.17, 15) is 5.11 Å². The van der Waals surface area contributed by atoms with Crippen molar-refractivity contribution in [1.82, 2.24) is 4.90 Å². The summed E-state index contributed by atoms with van der Waals surface area (Å²) in [6.45, 7) is 5.66. The largest absolute Gasteiger partial charge is 0.391 e. The second kappa shape index (κ2) is 8.86. The quantitative estimate of drug-likeness (QED) is 0.671. The van der Waals surface area contributed by atoms with Gasteiger partial charge < -0.3 is 14.6 Å². The Hall–Kier alpha value is -0.160. The molecule has 0 aromatic heterocycles. The van der Waals surface area contributed by atoms with Gasteiger partial charge in [-0.2, -0.15) is 0 Å². The summed E-state index contributed by atoms with van der Waals surface area (Å²) in [7, 11) is 3.46. The molecule has 1 aliphatic carbocycles. The highest BCUT2D eigenvalue weighted by atomic mass is 16.5. The summed E-state index contributed by atoms with van der Waals surface area (Å²) in [6.07, 6.45) is 4.00. The van der Waals surface area contributed by atoms with Crippen LogP contribution in [0.15, 0.2) is 0 Å². The molecule has 0 amide bonds. The van der Waals surface area contributed by atoms with Crippen molar-refractivity contribution in [2.24, 2.45) is 5.92 Å². The smallest absolute Gasteiger partial charge is 0.0695 e. The molecule has 1 rings (SSSR count). The Morgan fingerprint density at radius 1 is 1.11 bits per heavy atom. The van der Waals surface area contributed by atoms with Gasteiger partial charge in [0.15, 0.2) is 0 Å². The molecule has 1 N–H and O–H groups in total. The molecule has 4 nitrogen and oxygen atoms in total. The minimum Gasteiger partial charge on any atom is -0.391 e. The molecular weight excluding hydrogens is 230 g/mol. The second-order valence-corrected chi connectivity index (χ2v) is 5.43. The van der Waals surface area contributed by atoms with Gasteiger partial charge in [0.25, 0.3) is 0 Å². The minimum atomic E-state index is -0.180. The number of aliphatic hydroxyl groups is 1. The predicted octanol–water partition coefficient (Wildman–Crippen LogP) is 1.52. The number of hydrogen-bond donors (Lipinski definition) is 1. The van der Waals surface area contributed by atoms with Gasteiger partial charge in [0.2, 0.25) is 0 Å². The van der Waals surface area contributed by atoms with E-state index in [1.165, 1.54) is 0 Å². The molecular formula is C14H29NO3. The maximum Gasteiger partial charge on any atom is 0.0695 e. The van der Waals surface area contributed by atoms with E-state index in [0.29, 0.717) is 12.0 Å². The SMILES string of the molecule is COCCCN(CCOC)C1CC(C)CCC1O. The van der Waals surface area contributed by atoms with Crippen LogP contribution in [0, 0.1) is 5.92 Å². The van der Waals surface area contributed by atoms with Crippen LogP contribution in [0.1, 0.15) is 32.6 Å². The molecule has 18 heavy (non-hydrogen) atoms. The molecule has 108 valence electrons. The fourth-order valence-electron chi connectivity index (χ4n) is 2.79. The number of aliphatic hydroxyl groups excluding tert-OH is 1. The summed E-state index contributed by atoms with van der Waals surface area (Å²) in [6, 6.07) is 0.292. The van der Waals surface area contributed by atoms with Gasteiger partial charge in [-0.3, -0.25) is 4.90 Å². The molecule has 1 aliphatic rings. The Balaban J connectivity index is 2.49. The lowest BCUT2D eigenvalue weighted by Gasteiger charge is -2.39. The Labute approximate surface area is 111 Å². The third-order valence-corrected chi connectivity index (χ3v) is 3.89. The highest BCUT2D eigenvalue weighted by molar-refractivity contribution is 4.85. The van der Waals surface area contributed by atoms with Crippen LogP contribution in [0.4, 0.5) is 0 Å². The van der Waals surface area contributed by atoms with Gasteiger partial charge in [-0.05, 0) is 31.6 Å². The zero-order valence-electron chi connectivity index (χ0n) is 12.1. The highest BCUT2D eigenvalue weighted by Gasteiger charge is 2.31. The van der Waals surface area contributed by atoms with Gasteiger partial charge >= 0.3 is 0 Å². The molecule has 4 heteroatoms. The van der Waals surface area contributed by atoms with E-state index in [0.717, 1.165) is 52.0 Å². The van der Waals surface area contributed by atoms with Crippen molar-refractivity contribution in [3.8, 4) is 0 Å². The molecule has 0 heterocycles. The van der Waals surface area contributed by atoms with Crippen molar-refractivity contribution in [3.63, 3.8) is 0 Å². The molecule has 3 atom stereocenters. The monoisotopic (exact) mass is 259 g/mol. The number of hydrogen-bond acceptors (Lipinski definition) is 4. The summed E-state index contributed by atoms with van der Waals surface area (Å²) in [4.78, 5) is 2.38. The molecule has 0 aliphatic heterocycles. The number of ether oxygens (including phenoxy) is 2. The number of rotatable bonds is 8. The van der Waals surface area contributed by atoms with Crippen molar-refractivity contribution < 1.29 is 14.6 Å². The van der Waals surface area contributed by atoms with E-state index in [2.05, 4.69) is 11.8 Å². The summed E-state index contributed by atoms with van der Waals surface area (Å²) < 4.78 is 10.3. The summed E-state index contributed by atoms with van der Waals surface area (Å²) in [5.74, 6) is 0.714. The van der Waals surface area contributed by atoms with Gasteiger partial charge in [-0.15, -0.1) is 0 Å². The fourth-order valence-corrected chi connectivity index (χ4v) is 2.79. The van der Waals surface area contributed by atoms with E-state index in [-0.39, 0.29) is 6.10 Å². The van der Waals surface area contributed by atoms with Crippen molar-refractivity contribution in [2.45, 2.75) is 44.8 Å². The minimum absolute atomic E-state index is 0.180. The maximum absolute atomic E-state index is 10.2. The van der Waals surface area contributed by atoms with Gasteiger partial charge in [0.1, 0.15) is 0 Å². The van der Waals surface area contributed by atoms with Crippen LogP contribution >= 0.6 is 0 Å². The Bertz CT molecular complexity index is 213. The molecule has 0 bridgehead atoms. The first-order valence-corrected chi connectivity index (χ1v) is 7.09. The summed E-state index contributed by atoms with van der Waals surface area (Å²) in [5, 5.41) is 10.2. The molecule has 0 spiro atoms. The van der Waals surface area contributed by atoms with Crippen LogP contribution in [0.25, 0.3) is 0 Å².